The Morgan fingerprint density at radius 2 is 2.25 bits per heavy atom. The Hall–Kier alpha value is -2.74. The van der Waals surface area contributed by atoms with Gasteiger partial charge in [-0.15, -0.1) is 5.10 Å². The zero-order valence-electron chi connectivity index (χ0n) is 10.6. The number of aromatic nitrogens is 5. The van der Waals surface area contributed by atoms with Crippen LogP contribution in [0.5, 0.6) is 0 Å². The largest absolute Gasteiger partial charge is 0.325 e. The van der Waals surface area contributed by atoms with E-state index in [-0.39, 0.29) is 12.5 Å². The minimum atomic E-state index is -0.238. The van der Waals surface area contributed by atoms with Gasteiger partial charge in [-0.2, -0.15) is 0 Å². The molecular formula is C12H13N7O. The molecule has 0 unspecified atom stereocenters. The molecule has 1 aromatic carbocycles. The monoisotopic (exact) mass is 271 g/mol. The number of imidazole rings is 1. The average molecular weight is 271 g/mol. The quantitative estimate of drug-likeness (QED) is 0.629. The molecule has 3 aromatic rings. The first kappa shape index (κ1) is 12.3. The maximum absolute atomic E-state index is 11.9. The smallest absolute Gasteiger partial charge is 0.248 e. The van der Waals surface area contributed by atoms with Crippen LogP contribution < -0.4 is 11.1 Å². The van der Waals surface area contributed by atoms with Gasteiger partial charge in [-0.05, 0) is 12.1 Å². The summed E-state index contributed by atoms with van der Waals surface area (Å²) < 4.78 is 1.43. The van der Waals surface area contributed by atoms with E-state index >= 15 is 0 Å². The summed E-state index contributed by atoms with van der Waals surface area (Å²) >= 11 is 0. The Bertz CT molecular complexity index is 712. The average Bonchev–Trinajstić information content (AvgIpc) is 3.04. The molecule has 20 heavy (non-hydrogen) atoms. The van der Waals surface area contributed by atoms with E-state index in [4.69, 9.17) is 5.73 Å². The number of carbonyl (C=O) groups excluding carboxylic acids is 1. The lowest BCUT2D eigenvalue weighted by Crippen LogP contribution is -2.19. The molecule has 8 nitrogen and oxygen atoms in total. The van der Waals surface area contributed by atoms with Crippen LogP contribution in [0.4, 0.5) is 5.95 Å². The maximum atomic E-state index is 11.9. The second kappa shape index (κ2) is 5.10. The number of amides is 1. The number of nitrogens with one attached hydrogen (secondary N) is 2. The van der Waals surface area contributed by atoms with Crippen molar-refractivity contribution in [3.05, 3.63) is 36.2 Å². The predicted octanol–water partition coefficient (Wildman–Crippen LogP) is 0.252. The van der Waals surface area contributed by atoms with Crippen molar-refractivity contribution in [1.29, 1.82) is 0 Å². The number of anilines is 1. The Balaban J connectivity index is 1.69. The highest BCUT2D eigenvalue weighted by molar-refractivity contribution is 5.90. The van der Waals surface area contributed by atoms with Gasteiger partial charge < -0.3 is 10.7 Å². The van der Waals surface area contributed by atoms with Crippen LogP contribution in [-0.2, 0) is 17.9 Å². The molecule has 0 radical (unpaired) electrons. The second-order valence-corrected chi connectivity index (χ2v) is 4.26. The van der Waals surface area contributed by atoms with Crippen molar-refractivity contribution in [2.75, 3.05) is 5.32 Å². The summed E-state index contributed by atoms with van der Waals surface area (Å²) in [6, 6.07) is 7.55. The summed E-state index contributed by atoms with van der Waals surface area (Å²) in [6.07, 6.45) is 1.64. The summed E-state index contributed by atoms with van der Waals surface area (Å²) in [7, 11) is 0. The van der Waals surface area contributed by atoms with Crippen LogP contribution in [0.25, 0.3) is 11.0 Å². The van der Waals surface area contributed by atoms with Crippen LogP contribution in [0.3, 0.4) is 0 Å². The summed E-state index contributed by atoms with van der Waals surface area (Å²) in [4.78, 5) is 19.1. The number of carbonyl (C=O) groups is 1. The van der Waals surface area contributed by atoms with Gasteiger partial charge in [0, 0.05) is 6.54 Å². The van der Waals surface area contributed by atoms with Gasteiger partial charge in [-0.1, -0.05) is 17.3 Å². The van der Waals surface area contributed by atoms with Crippen molar-refractivity contribution in [1.82, 2.24) is 25.0 Å². The molecule has 0 spiro atoms. The van der Waals surface area contributed by atoms with Crippen molar-refractivity contribution >= 4 is 22.9 Å². The number of benzene rings is 1. The lowest BCUT2D eigenvalue weighted by atomic mass is 10.3. The molecular weight excluding hydrogens is 258 g/mol. The van der Waals surface area contributed by atoms with Gasteiger partial charge in [-0.25, -0.2) is 9.67 Å². The Morgan fingerprint density at radius 3 is 3.00 bits per heavy atom. The van der Waals surface area contributed by atoms with Crippen LogP contribution >= 0.6 is 0 Å². The third-order valence-electron chi connectivity index (χ3n) is 2.75. The van der Waals surface area contributed by atoms with Crippen LogP contribution in [-0.4, -0.2) is 30.9 Å². The van der Waals surface area contributed by atoms with E-state index in [9.17, 15) is 4.79 Å². The van der Waals surface area contributed by atoms with Crippen molar-refractivity contribution < 1.29 is 4.79 Å². The molecule has 0 aliphatic heterocycles. The van der Waals surface area contributed by atoms with Crippen molar-refractivity contribution in [3.8, 4) is 0 Å². The number of para-hydroxylation sites is 2. The fraction of sp³-hybridized carbons (Fsp3) is 0.167. The molecule has 0 aliphatic carbocycles. The summed E-state index contributed by atoms with van der Waals surface area (Å²) in [5.41, 5.74) is 7.74. The van der Waals surface area contributed by atoms with Crippen molar-refractivity contribution in [2.24, 2.45) is 5.73 Å². The zero-order valence-corrected chi connectivity index (χ0v) is 10.6. The summed E-state index contributed by atoms with van der Waals surface area (Å²) in [6.45, 7) is 0.356. The Kier molecular flexibility index (Phi) is 3.13. The summed E-state index contributed by atoms with van der Waals surface area (Å²) in [5.74, 6) is 0.174. The molecule has 4 N–H and O–H groups in total. The molecule has 2 aromatic heterocycles. The third kappa shape index (κ3) is 2.50. The van der Waals surface area contributed by atoms with Gasteiger partial charge in [0.25, 0.3) is 0 Å². The van der Waals surface area contributed by atoms with Gasteiger partial charge in [0.05, 0.1) is 22.9 Å². The van der Waals surface area contributed by atoms with Gasteiger partial charge in [0.15, 0.2) is 0 Å². The highest BCUT2D eigenvalue weighted by atomic mass is 16.2. The molecule has 102 valence electrons. The van der Waals surface area contributed by atoms with E-state index in [1.54, 1.807) is 6.20 Å². The molecule has 0 fully saturated rings. The van der Waals surface area contributed by atoms with Gasteiger partial charge >= 0.3 is 0 Å². The lowest BCUT2D eigenvalue weighted by Gasteiger charge is -2.00. The van der Waals surface area contributed by atoms with Crippen LogP contribution in [0.1, 0.15) is 5.69 Å². The predicted molar refractivity (Wildman–Crippen MR) is 72.6 cm³/mol. The number of rotatable bonds is 4. The Labute approximate surface area is 114 Å². The minimum absolute atomic E-state index is 0.0596. The SMILES string of the molecule is NCc1cn(CC(=O)Nc2nc3ccccc3[nH]2)nn1. The van der Waals surface area contributed by atoms with E-state index in [2.05, 4.69) is 25.6 Å². The van der Waals surface area contributed by atoms with Crippen molar-refractivity contribution in [3.63, 3.8) is 0 Å². The first-order valence-corrected chi connectivity index (χ1v) is 6.08. The zero-order chi connectivity index (χ0) is 13.9. The number of fused-ring (bicyclic) bond motifs is 1. The fourth-order valence-electron chi connectivity index (χ4n) is 1.84. The Morgan fingerprint density at radius 1 is 1.40 bits per heavy atom. The molecule has 1 amide bonds. The molecule has 2 heterocycles. The molecule has 0 aliphatic rings. The molecule has 0 bridgehead atoms. The minimum Gasteiger partial charge on any atom is -0.325 e. The second-order valence-electron chi connectivity index (χ2n) is 4.26. The number of H-pyrrole nitrogens is 1. The van der Waals surface area contributed by atoms with E-state index in [1.165, 1.54) is 4.68 Å². The van der Waals surface area contributed by atoms with Gasteiger partial charge in [0.2, 0.25) is 11.9 Å². The molecule has 3 rings (SSSR count). The fourth-order valence-corrected chi connectivity index (χ4v) is 1.84. The normalized spacial score (nSPS) is 10.8. The third-order valence-corrected chi connectivity index (χ3v) is 2.75. The number of nitrogens with zero attached hydrogens (tertiary/aromatic N) is 4. The van der Waals surface area contributed by atoms with Crippen molar-refractivity contribution in [2.45, 2.75) is 13.1 Å². The molecule has 0 saturated carbocycles. The van der Waals surface area contributed by atoms with Gasteiger partial charge in [0.1, 0.15) is 6.54 Å². The van der Waals surface area contributed by atoms with E-state index < -0.39 is 0 Å². The number of nitrogens with two attached hydrogens (primary N) is 1. The standard InChI is InChI=1S/C12H13N7O/c13-5-8-6-19(18-17-8)7-11(20)16-12-14-9-3-1-2-4-10(9)15-12/h1-4,6H,5,7,13H2,(H2,14,15,16,20). The van der Waals surface area contributed by atoms with Crippen LogP contribution in [0.15, 0.2) is 30.5 Å². The number of hydrogen-bond donors (Lipinski definition) is 3. The topological polar surface area (TPSA) is 115 Å². The lowest BCUT2D eigenvalue weighted by molar-refractivity contribution is -0.117. The molecule has 0 atom stereocenters. The van der Waals surface area contributed by atoms with Crippen LogP contribution in [0.2, 0.25) is 0 Å². The summed E-state index contributed by atoms with van der Waals surface area (Å²) in [5, 5.41) is 10.3. The van der Waals surface area contributed by atoms with Gasteiger partial charge in [-0.3, -0.25) is 10.1 Å². The van der Waals surface area contributed by atoms with Crippen LogP contribution in [0, 0.1) is 0 Å². The molecule has 8 heteroatoms. The number of aromatic amines is 1. The first-order chi connectivity index (χ1) is 9.74. The maximum Gasteiger partial charge on any atom is 0.248 e. The van der Waals surface area contributed by atoms with E-state index in [0.717, 1.165) is 11.0 Å². The number of hydrogen-bond acceptors (Lipinski definition) is 5. The highest BCUT2D eigenvalue weighted by Gasteiger charge is 2.08. The highest BCUT2D eigenvalue weighted by Crippen LogP contribution is 2.13. The van der Waals surface area contributed by atoms with E-state index in [1.807, 2.05) is 24.3 Å². The first-order valence-electron chi connectivity index (χ1n) is 6.08. The van der Waals surface area contributed by atoms with E-state index in [0.29, 0.717) is 18.2 Å². The molecule has 0 saturated heterocycles.